The molecule has 0 aliphatic carbocycles. The first-order valence-corrected chi connectivity index (χ1v) is 10.1. The first-order valence-electron chi connectivity index (χ1n) is 8.66. The molecule has 0 atom stereocenters. The minimum Gasteiger partial charge on any atom is -0.326 e. The molecule has 9 heteroatoms. The molecular weight excluding hydrogens is 414 g/mol. The van der Waals surface area contributed by atoms with Gasteiger partial charge in [0.25, 0.3) is 10.0 Å². The Morgan fingerprint density at radius 3 is 2.07 bits per heavy atom. The molecule has 0 bridgehead atoms. The van der Waals surface area contributed by atoms with Gasteiger partial charge < -0.3 is 5.32 Å². The van der Waals surface area contributed by atoms with Gasteiger partial charge in [-0.05, 0) is 48.5 Å². The third kappa shape index (κ3) is 4.87. The summed E-state index contributed by atoms with van der Waals surface area (Å²) < 4.78 is 54.7. The molecule has 154 valence electrons. The predicted molar refractivity (Wildman–Crippen MR) is 108 cm³/mol. The van der Waals surface area contributed by atoms with E-state index in [0.717, 1.165) is 12.1 Å². The number of carbonyl (C=O) groups is 2. The van der Waals surface area contributed by atoms with Gasteiger partial charge in [-0.1, -0.05) is 12.1 Å². The second kappa shape index (κ2) is 8.42. The second-order valence-electron chi connectivity index (χ2n) is 6.34. The number of amides is 1. The Morgan fingerprint density at radius 1 is 0.867 bits per heavy atom. The summed E-state index contributed by atoms with van der Waals surface area (Å²) in [4.78, 5) is 23.7. The van der Waals surface area contributed by atoms with Gasteiger partial charge in [0.05, 0.1) is 10.6 Å². The van der Waals surface area contributed by atoms with E-state index in [1.54, 1.807) is 0 Å². The molecule has 3 aromatic carbocycles. The van der Waals surface area contributed by atoms with Crippen LogP contribution in [0.2, 0.25) is 0 Å². The molecule has 3 aromatic rings. The summed E-state index contributed by atoms with van der Waals surface area (Å²) in [5.41, 5.74) is 0.0583. The van der Waals surface area contributed by atoms with Crippen molar-refractivity contribution >= 4 is 33.1 Å². The molecule has 2 N–H and O–H groups in total. The van der Waals surface area contributed by atoms with Crippen molar-refractivity contribution in [1.82, 2.24) is 0 Å². The summed E-state index contributed by atoms with van der Waals surface area (Å²) in [5.74, 6) is -2.89. The highest BCUT2D eigenvalue weighted by molar-refractivity contribution is 7.92. The van der Waals surface area contributed by atoms with Crippen molar-refractivity contribution in [2.45, 2.75) is 11.8 Å². The highest BCUT2D eigenvalue weighted by Crippen LogP contribution is 2.24. The lowest BCUT2D eigenvalue weighted by atomic mass is 10.0. The van der Waals surface area contributed by atoms with Crippen molar-refractivity contribution < 1.29 is 26.8 Å². The third-order valence-electron chi connectivity index (χ3n) is 4.03. The number of carbonyl (C=O) groups excluding carboxylic acids is 2. The van der Waals surface area contributed by atoms with Crippen LogP contribution in [0, 0.1) is 11.6 Å². The summed E-state index contributed by atoms with van der Waals surface area (Å²) in [7, 11) is -4.08. The van der Waals surface area contributed by atoms with Crippen molar-refractivity contribution in [2.75, 3.05) is 10.0 Å². The average Bonchev–Trinajstić information content (AvgIpc) is 2.67. The van der Waals surface area contributed by atoms with Crippen LogP contribution in [0.15, 0.2) is 71.6 Å². The highest BCUT2D eigenvalue weighted by atomic mass is 32.2. The van der Waals surface area contributed by atoms with E-state index in [2.05, 4.69) is 10.0 Å². The van der Waals surface area contributed by atoms with E-state index >= 15 is 0 Å². The molecule has 0 heterocycles. The van der Waals surface area contributed by atoms with Gasteiger partial charge in [-0.25, -0.2) is 17.2 Å². The van der Waals surface area contributed by atoms with Crippen LogP contribution in [0.4, 0.5) is 20.2 Å². The number of ketones is 1. The van der Waals surface area contributed by atoms with E-state index in [9.17, 15) is 26.8 Å². The minimum atomic E-state index is -4.08. The lowest BCUT2D eigenvalue weighted by Crippen LogP contribution is -2.16. The van der Waals surface area contributed by atoms with Gasteiger partial charge in [0.2, 0.25) is 5.91 Å². The maximum absolute atomic E-state index is 13.5. The largest absolute Gasteiger partial charge is 0.326 e. The van der Waals surface area contributed by atoms with Gasteiger partial charge in [-0.15, -0.1) is 0 Å². The van der Waals surface area contributed by atoms with Gasteiger partial charge >= 0.3 is 0 Å². The molecule has 0 aromatic heterocycles. The third-order valence-corrected chi connectivity index (χ3v) is 5.41. The minimum absolute atomic E-state index is 0.0434. The molecule has 30 heavy (non-hydrogen) atoms. The first-order chi connectivity index (χ1) is 14.2. The number of hydrogen-bond acceptors (Lipinski definition) is 4. The van der Waals surface area contributed by atoms with Crippen LogP contribution in [0.5, 0.6) is 0 Å². The van der Waals surface area contributed by atoms with E-state index in [1.165, 1.54) is 55.5 Å². The van der Waals surface area contributed by atoms with Crippen LogP contribution >= 0.6 is 0 Å². The van der Waals surface area contributed by atoms with Crippen LogP contribution in [-0.4, -0.2) is 20.1 Å². The van der Waals surface area contributed by atoms with Crippen LogP contribution in [0.25, 0.3) is 0 Å². The van der Waals surface area contributed by atoms with Crippen molar-refractivity contribution in [3.05, 3.63) is 89.5 Å². The lowest BCUT2D eigenvalue weighted by molar-refractivity contribution is -0.114. The summed E-state index contributed by atoms with van der Waals surface area (Å²) in [6.07, 6.45) is 0. The topological polar surface area (TPSA) is 92.3 Å². The predicted octanol–water partition coefficient (Wildman–Crippen LogP) is 3.96. The standard InChI is InChI=1S/C21H16F2N2O4S/c1-13(26)24-17-6-8-18(9-7-17)30(28,29)25-20-5-3-2-4-19(20)21(27)14-10-15(22)12-16(23)11-14/h2-12,25H,1H3,(H,24,26). The zero-order valence-electron chi connectivity index (χ0n) is 15.6. The zero-order valence-corrected chi connectivity index (χ0v) is 16.5. The van der Waals surface area contributed by atoms with E-state index in [-0.39, 0.29) is 27.6 Å². The summed E-state index contributed by atoms with van der Waals surface area (Å²) in [6.45, 7) is 1.32. The Morgan fingerprint density at radius 2 is 1.47 bits per heavy atom. The molecule has 6 nitrogen and oxygen atoms in total. The van der Waals surface area contributed by atoms with Gasteiger partial charge in [0, 0.05) is 29.8 Å². The quantitative estimate of drug-likeness (QED) is 0.579. The number of sulfonamides is 1. The van der Waals surface area contributed by atoms with Crippen molar-refractivity contribution in [3.63, 3.8) is 0 Å². The molecule has 0 spiro atoms. The zero-order chi connectivity index (χ0) is 21.9. The summed E-state index contributed by atoms with van der Waals surface area (Å²) in [5, 5.41) is 2.52. The monoisotopic (exact) mass is 430 g/mol. The molecule has 0 radical (unpaired) electrons. The smallest absolute Gasteiger partial charge is 0.261 e. The van der Waals surface area contributed by atoms with Crippen LogP contribution in [-0.2, 0) is 14.8 Å². The second-order valence-corrected chi connectivity index (χ2v) is 8.03. The Balaban J connectivity index is 1.92. The Bertz CT molecular complexity index is 1210. The molecule has 1 amide bonds. The number of para-hydroxylation sites is 1. The van der Waals surface area contributed by atoms with Gasteiger partial charge in [0.1, 0.15) is 11.6 Å². The molecule has 0 aliphatic heterocycles. The number of benzene rings is 3. The van der Waals surface area contributed by atoms with Crippen molar-refractivity contribution in [1.29, 1.82) is 0 Å². The molecule has 0 aliphatic rings. The first kappa shape index (κ1) is 21.1. The normalized spacial score (nSPS) is 11.0. The fourth-order valence-electron chi connectivity index (χ4n) is 2.73. The number of anilines is 2. The van der Waals surface area contributed by atoms with E-state index in [4.69, 9.17) is 0 Å². The molecular formula is C21H16F2N2O4S. The fourth-order valence-corrected chi connectivity index (χ4v) is 3.81. The number of rotatable bonds is 6. The van der Waals surface area contributed by atoms with Crippen molar-refractivity contribution in [3.8, 4) is 0 Å². The molecule has 0 fully saturated rings. The number of hydrogen-bond donors (Lipinski definition) is 2. The maximum Gasteiger partial charge on any atom is 0.261 e. The Labute approximate surface area is 171 Å². The van der Waals surface area contributed by atoms with Gasteiger partial charge in [-0.3, -0.25) is 14.3 Å². The van der Waals surface area contributed by atoms with Crippen LogP contribution in [0.1, 0.15) is 22.8 Å². The van der Waals surface area contributed by atoms with Gasteiger partial charge in [0.15, 0.2) is 5.78 Å². The van der Waals surface area contributed by atoms with E-state index in [0.29, 0.717) is 11.8 Å². The molecule has 0 saturated heterocycles. The molecule has 0 unspecified atom stereocenters. The lowest BCUT2D eigenvalue weighted by Gasteiger charge is -2.13. The number of halogens is 2. The molecule has 3 rings (SSSR count). The maximum atomic E-state index is 13.5. The van der Waals surface area contributed by atoms with E-state index in [1.807, 2.05) is 0 Å². The van der Waals surface area contributed by atoms with Crippen LogP contribution < -0.4 is 10.0 Å². The Kier molecular flexibility index (Phi) is 5.93. The van der Waals surface area contributed by atoms with Crippen LogP contribution in [0.3, 0.4) is 0 Å². The summed E-state index contributed by atoms with van der Waals surface area (Å²) >= 11 is 0. The van der Waals surface area contributed by atoms with E-state index < -0.39 is 27.4 Å². The van der Waals surface area contributed by atoms with Gasteiger partial charge in [-0.2, -0.15) is 0 Å². The number of nitrogens with one attached hydrogen (secondary N) is 2. The SMILES string of the molecule is CC(=O)Nc1ccc(S(=O)(=O)Nc2ccccc2C(=O)c2cc(F)cc(F)c2)cc1. The highest BCUT2D eigenvalue weighted by Gasteiger charge is 2.20. The fraction of sp³-hybridized carbons (Fsp3) is 0.0476. The summed E-state index contributed by atoms with van der Waals surface area (Å²) in [6, 6.07) is 13.5. The van der Waals surface area contributed by atoms with Crippen molar-refractivity contribution in [2.24, 2.45) is 0 Å². The average molecular weight is 430 g/mol. The Hall–Kier alpha value is -3.59. The molecule has 0 saturated carbocycles.